The van der Waals surface area contributed by atoms with Gasteiger partial charge in [-0.25, -0.2) is 9.97 Å². The molecule has 0 saturated carbocycles. The van der Waals surface area contributed by atoms with Crippen molar-refractivity contribution in [2.75, 3.05) is 31.1 Å². The van der Waals surface area contributed by atoms with Gasteiger partial charge >= 0.3 is 0 Å². The van der Waals surface area contributed by atoms with E-state index in [-0.39, 0.29) is 5.78 Å². The highest BCUT2D eigenvalue weighted by atomic mass is 16.3. The molecule has 3 heterocycles. The van der Waals surface area contributed by atoms with Crippen LogP contribution in [0.15, 0.2) is 29.0 Å². The zero-order valence-corrected chi connectivity index (χ0v) is 13.0. The first-order valence-electron chi connectivity index (χ1n) is 7.48. The number of aryl methyl sites for hydroxylation is 1. The number of piperazine rings is 1. The highest BCUT2D eigenvalue weighted by Gasteiger charge is 2.20. The first-order valence-corrected chi connectivity index (χ1v) is 7.48. The number of furan rings is 1. The standard InChI is InChI=1S/C16H20N4O2/c1-12-15(13(2)21)10-17-16(18-12)20-7-5-19(6-8-20)11-14-4-3-9-22-14/h3-4,9-10H,5-8,11H2,1-2H3. The average molecular weight is 300 g/mol. The van der Waals surface area contributed by atoms with Crippen molar-refractivity contribution < 1.29 is 9.21 Å². The number of aromatic nitrogens is 2. The van der Waals surface area contributed by atoms with Crippen molar-refractivity contribution in [3.63, 3.8) is 0 Å². The summed E-state index contributed by atoms with van der Waals surface area (Å²) in [6.07, 6.45) is 3.34. The van der Waals surface area contributed by atoms with Crippen LogP contribution in [-0.2, 0) is 6.54 Å². The SMILES string of the molecule is CC(=O)c1cnc(N2CCN(Cc3ccco3)CC2)nc1C. The average Bonchev–Trinajstić information content (AvgIpc) is 3.00. The Kier molecular flexibility index (Phi) is 4.20. The number of hydrogen-bond acceptors (Lipinski definition) is 6. The van der Waals surface area contributed by atoms with Crippen LogP contribution in [0.5, 0.6) is 0 Å². The predicted octanol–water partition coefficient (Wildman–Crippen LogP) is 1.90. The van der Waals surface area contributed by atoms with Gasteiger partial charge in [-0.3, -0.25) is 9.69 Å². The van der Waals surface area contributed by atoms with Crippen LogP contribution in [0.2, 0.25) is 0 Å². The Labute approximate surface area is 129 Å². The molecule has 0 radical (unpaired) electrons. The zero-order chi connectivity index (χ0) is 15.5. The quantitative estimate of drug-likeness (QED) is 0.804. The van der Waals surface area contributed by atoms with Gasteiger partial charge < -0.3 is 9.32 Å². The number of carbonyl (C=O) groups excluding carboxylic acids is 1. The van der Waals surface area contributed by atoms with Gasteiger partial charge in [0.2, 0.25) is 5.95 Å². The second-order valence-electron chi connectivity index (χ2n) is 5.57. The number of carbonyl (C=O) groups is 1. The summed E-state index contributed by atoms with van der Waals surface area (Å²) in [6.45, 7) is 7.87. The molecule has 3 rings (SSSR count). The van der Waals surface area contributed by atoms with E-state index in [1.807, 2.05) is 19.1 Å². The van der Waals surface area contributed by atoms with Gasteiger partial charge in [-0.1, -0.05) is 0 Å². The van der Waals surface area contributed by atoms with Gasteiger partial charge in [0.25, 0.3) is 0 Å². The molecule has 116 valence electrons. The number of hydrogen-bond donors (Lipinski definition) is 0. The van der Waals surface area contributed by atoms with E-state index < -0.39 is 0 Å². The molecule has 1 fully saturated rings. The Bertz CT molecular complexity index is 646. The fraction of sp³-hybridized carbons (Fsp3) is 0.438. The van der Waals surface area contributed by atoms with Crippen molar-refractivity contribution in [3.05, 3.63) is 41.6 Å². The molecule has 0 atom stereocenters. The van der Waals surface area contributed by atoms with Gasteiger partial charge in [0.1, 0.15) is 5.76 Å². The van der Waals surface area contributed by atoms with Gasteiger partial charge in [0, 0.05) is 32.4 Å². The molecule has 0 unspecified atom stereocenters. The molecule has 0 amide bonds. The summed E-state index contributed by atoms with van der Waals surface area (Å²) in [4.78, 5) is 24.8. The van der Waals surface area contributed by atoms with Crippen molar-refractivity contribution in [1.82, 2.24) is 14.9 Å². The molecule has 0 aliphatic carbocycles. The first kappa shape index (κ1) is 14.7. The van der Waals surface area contributed by atoms with Crippen LogP contribution < -0.4 is 4.90 Å². The van der Waals surface area contributed by atoms with E-state index in [1.54, 1.807) is 19.4 Å². The highest BCUT2D eigenvalue weighted by molar-refractivity contribution is 5.94. The van der Waals surface area contributed by atoms with Gasteiger partial charge in [0.05, 0.1) is 24.1 Å². The molecule has 6 nitrogen and oxygen atoms in total. The second kappa shape index (κ2) is 6.27. The van der Waals surface area contributed by atoms with Crippen LogP contribution in [0.1, 0.15) is 28.7 Å². The minimum atomic E-state index is 0.00678. The summed E-state index contributed by atoms with van der Waals surface area (Å²) in [5.74, 6) is 1.71. The molecule has 0 spiro atoms. The molecule has 0 aromatic carbocycles. The lowest BCUT2D eigenvalue weighted by Crippen LogP contribution is -2.46. The van der Waals surface area contributed by atoms with Gasteiger partial charge in [-0.15, -0.1) is 0 Å². The summed E-state index contributed by atoms with van der Waals surface area (Å²) >= 11 is 0. The third-order valence-corrected chi connectivity index (χ3v) is 3.96. The van der Waals surface area contributed by atoms with Crippen LogP contribution in [0.4, 0.5) is 5.95 Å². The molecule has 2 aromatic heterocycles. The molecular weight excluding hydrogens is 280 g/mol. The van der Waals surface area contributed by atoms with E-state index >= 15 is 0 Å². The van der Waals surface area contributed by atoms with E-state index in [0.29, 0.717) is 11.5 Å². The molecule has 1 saturated heterocycles. The number of anilines is 1. The van der Waals surface area contributed by atoms with Crippen LogP contribution in [-0.4, -0.2) is 46.8 Å². The largest absolute Gasteiger partial charge is 0.468 e. The fourth-order valence-corrected chi connectivity index (χ4v) is 2.68. The van der Waals surface area contributed by atoms with E-state index in [2.05, 4.69) is 19.8 Å². The second-order valence-corrected chi connectivity index (χ2v) is 5.57. The predicted molar refractivity (Wildman–Crippen MR) is 83.0 cm³/mol. The van der Waals surface area contributed by atoms with Crippen LogP contribution in [0.25, 0.3) is 0 Å². The third-order valence-electron chi connectivity index (χ3n) is 3.96. The molecule has 2 aromatic rings. The molecule has 22 heavy (non-hydrogen) atoms. The molecule has 6 heteroatoms. The van der Waals surface area contributed by atoms with Crippen molar-refractivity contribution >= 4 is 11.7 Å². The minimum absolute atomic E-state index is 0.00678. The maximum Gasteiger partial charge on any atom is 0.225 e. The summed E-state index contributed by atoms with van der Waals surface area (Å²) < 4.78 is 5.39. The van der Waals surface area contributed by atoms with Crippen LogP contribution >= 0.6 is 0 Å². The number of ketones is 1. The van der Waals surface area contributed by atoms with Crippen molar-refractivity contribution in [3.8, 4) is 0 Å². The smallest absolute Gasteiger partial charge is 0.225 e. The van der Waals surface area contributed by atoms with Crippen LogP contribution in [0.3, 0.4) is 0 Å². The molecule has 0 bridgehead atoms. The lowest BCUT2D eigenvalue weighted by atomic mass is 10.2. The normalized spacial score (nSPS) is 16.0. The molecule has 0 N–H and O–H groups in total. The topological polar surface area (TPSA) is 62.5 Å². The van der Waals surface area contributed by atoms with Gasteiger partial charge in [0.15, 0.2) is 5.78 Å². The fourth-order valence-electron chi connectivity index (χ4n) is 2.68. The Morgan fingerprint density at radius 1 is 1.32 bits per heavy atom. The van der Waals surface area contributed by atoms with E-state index in [4.69, 9.17) is 4.42 Å². The Morgan fingerprint density at radius 2 is 2.09 bits per heavy atom. The first-order chi connectivity index (χ1) is 10.6. The Morgan fingerprint density at radius 3 is 2.68 bits per heavy atom. The van der Waals surface area contributed by atoms with Crippen molar-refractivity contribution in [2.24, 2.45) is 0 Å². The van der Waals surface area contributed by atoms with Crippen LogP contribution in [0, 0.1) is 6.92 Å². The van der Waals surface area contributed by atoms with Gasteiger partial charge in [-0.05, 0) is 26.0 Å². The molecule has 1 aliphatic heterocycles. The number of rotatable bonds is 4. The summed E-state index contributed by atoms with van der Waals surface area (Å²) in [6, 6.07) is 3.91. The zero-order valence-electron chi connectivity index (χ0n) is 13.0. The monoisotopic (exact) mass is 300 g/mol. The third kappa shape index (κ3) is 3.17. The van der Waals surface area contributed by atoms with E-state index in [9.17, 15) is 4.79 Å². The van der Waals surface area contributed by atoms with E-state index in [1.165, 1.54) is 0 Å². The Hall–Kier alpha value is -2.21. The number of Topliss-reactive ketones (excluding diaryl/α,β-unsaturated/α-hetero) is 1. The summed E-state index contributed by atoms with van der Waals surface area (Å²) in [5.41, 5.74) is 1.34. The lowest BCUT2D eigenvalue weighted by molar-refractivity contribution is 0.101. The maximum atomic E-state index is 11.4. The summed E-state index contributed by atoms with van der Waals surface area (Å²) in [5, 5.41) is 0. The lowest BCUT2D eigenvalue weighted by Gasteiger charge is -2.34. The minimum Gasteiger partial charge on any atom is -0.468 e. The van der Waals surface area contributed by atoms with Crippen molar-refractivity contribution in [2.45, 2.75) is 20.4 Å². The molecular formula is C16H20N4O2. The van der Waals surface area contributed by atoms with Crippen molar-refractivity contribution in [1.29, 1.82) is 0 Å². The number of nitrogens with zero attached hydrogens (tertiary/aromatic N) is 4. The molecule has 1 aliphatic rings. The van der Waals surface area contributed by atoms with E-state index in [0.717, 1.165) is 44.2 Å². The Balaban J connectivity index is 1.61. The van der Waals surface area contributed by atoms with Gasteiger partial charge in [-0.2, -0.15) is 0 Å². The maximum absolute atomic E-state index is 11.4. The summed E-state index contributed by atoms with van der Waals surface area (Å²) in [7, 11) is 0. The highest BCUT2D eigenvalue weighted by Crippen LogP contribution is 2.15.